The van der Waals surface area contributed by atoms with Gasteiger partial charge in [-0.25, -0.2) is 4.98 Å². The number of fused-ring (bicyclic) bond motifs is 1. The van der Waals surface area contributed by atoms with Crippen molar-refractivity contribution in [3.8, 4) is 17.1 Å². The molecule has 0 amide bonds. The van der Waals surface area contributed by atoms with Gasteiger partial charge in [0.2, 0.25) is 0 Å². The van der Waals surface area contributed by atoms with Crippen molar-refractivity contribution in [1.29, 1.82) is 0 Å². The van der Waals surface area contributed by atoms with Crippen molar-refractivity contribution in [2.24, 2.45) is 0 Å². The van der Waals surface area contributed by atoms with Gasteiger partial charge in [-0.3, -0.25) is 9.36 Å². The van der Waals surface area contributed by atoms with E-state index in [0.29, 0.717) is 58.7 Å². The van der Waals surface area contributed by atoms with E-state index in [1.807, 2.05) is 49.4 Å². The van der Waals surface area contributed by atoms with Crippen molar-refractivity contribution >= 4 is 34.1 Å². The first-order chi connectivity index (χ1) is 15.5. The first-order valence-electron chi connectivity index (χ1n) is 10.2. The van der Waals surface area contributed by atoms with Gasteiger partial charge in [-0.15, -0.1) is 0 Å². The van der Waals surface area contributed by atoms with Gasteiger partial charge in [-0.1, -0.05) is 53.0 Å². The number of aryl methyl sites for hydroxylation is 1. The smallest absolute Gasteiger partial charge is 0.261 e. The van der Waals surface area contributed by atoms with Crippen LogP contribution in [0.3, 0.4) is 0 Å². The average molecular weight is 469 g/mol. The Hall–Kier alpha value is -2.86. The fourth-order valence-electron chi connectivity index (χ4n) is 3.36. The molecule has 0 spiro atoms. The molecule has 0 aliphatic heterocycles. The van der Waals surface area contributed by atoms with Gasteiger partial charge >= 0.3 is 0 Å². The maximum absolute atomic E-state index is 13.2. The third kappa shape index (κ3) is 5.13. The van der Waals surface area contributed by atoms with E-state index in [1.54, 1.807) is 28.8 Å². The maximum Gasteiger partial charge on any atom is 0.261 e. The maximum atomic E-state index is 13.2. The second-order valence-corrected chi connectivity index (χ2v) is 8.15. The average Bonchev–Trinajstić information content (AvgIpc) is 2.78. The summed E-state index contributed by atoms with van der Waals surface area (Å²) in [5, 5.41) is 1.50. The van der Waals surface area contributed by atoms with Crippen LogP contribution in [-0.2, 0) is 11.3 Å². The van der Waals surface area contributed by atoms with Gasteiger partial charge in [0.1, 0.15) is 18.2 Å². The summed E-state index contributed by atoms with van der Waals surface area (Å²) in [6.45, 7) is 3.51. The lowest BCUT2D eigenvalue weighted by molar-refractivity contribution is 0.0940. The van der Waals surface area contributed by atoms with Gasteiger partial charge in [0.15, 0.2) is 0 Å². The third-order valence-electron chi connectivity index (χ3n) is 5.01. The number of hydrogen-bond donors (Lipinski definition) is 0. The van der Waals surface area contributed by atoms with E-state index in [-0.39, 0.29) is 5.56 Å². The molecule has 0 unspecified atom stereocenters. The molecule has 0 fully saturated rings. The molecule has 5 nitrogen and oxygen atoms in total. The predicted molar refractivity (Wildman–Crippen MR) is 129 cm³/mol. The molecule has 0 aliphatic carbocycles. The summed E-state index contributed by atoms with van der Waals surface area (Å²) in [5.74, 6) is 1.28. The second-order valence-electron chi connectivity index (χ2n) is 7.31. The Kier molecular flexibility index (Phi) is 7.10. The van der Waals surface area contributed by atoms with Crippen LogP contribution in [0.25, 0.3) is 22.3 Å². The Morgan fingerprint density at radius 1 is 0.938 bits per heavy atom. The second kappa shape index (κ2) is 10.2. The predicted octanol–water partition coefficient (Wildman–Crippen LogP) is 5.77. The minimum absolute atomic E-state index is 0.142. The quantitative estimate of drug-likeness (QED) is 0.307. The first-order valence-corrected chi connectivity index (χ1v) is 11.0. The van der Waals surface area contributed by atoms with Crippen LogP contribution in [-0.4, -0.2) is 29.4 Å². The Balaban J connectivity index is 1.50. The zero-order chi connectivity index (χ0) is 22.5. The number of hydrogen-bond acceptors (Lipinski definition) is 4. The summed E-state index contributed by atoms with van der Waals surface area (Å²) >= 11 is 12.5. The van der Waals surface area contributed by atoms with Crippen molar-refractivity contribution in [2.75, 3.05) is 19.8 Å². The summed E-state index contributed by atoms with van der Waals surface area (Å²) < 4.78 is 13.0. The molecular formula is C25H22Cl2N2O3. The van der Waals surface area contributed by atoms with Gasteiger partial charge in [-0.05, 0) is 49.4 Å². The van der Waals surface area contributed by atoms with E-state index < -0.39 is 0 Å². The lowest BCUT2D eigenvalue weighted by Gasteiger charge is -2.15. The molecule has 0 N–H and O–H groups in total. The molecule has 3 aromatic carbocycles. The highest BCUT2D eigenvalue weighted by atomic mass is 35.5. The van der Waals surface area contributed by atoms with Gasteiger partial charge in [-0.2, -0.15) is 0 Å². The van der Waals surface area contributed by atoms with E-state index in [1.165, 1.54) is 5.56 Å². The van der Waals surface area contributed by atoms with Crippen LogP contribution in [0.15, 0.2) is 71.5 Å². The van der Waals surface area contributed by atoms with Crippen LogP contribution in [0.2, 0.25) is 10.0 Å². The van der Waals surface area contributed by atoms with Crippen LogP contribution in [0.5, 0.6) is 5.75 Å². The monoisotopic (exact) mass is 468 g/mol. The molecule has 32 heavy (non-hydrogen) atoms. The fraction of sp³-hybridized carbons (Fsp3) is 0.200. The number of ether oxygens (including phenoxy) is 2. The number of aromatic nitrogens is 2. The van der Waals surface area contributed by atoms with Crippen molar-refractivity contribution in [3.63, 3.8) is 0 Å². The molecule has 0 saturated carbocycles. The number of halogens is 2. The molecule has 7 heteroatoms. The summed E-state index contributed by atoms with van der Waals surface area (Å²) in [5.41, 5.74) is 2.29. The Labute approximate surface area is 196 Å². The first kappa shape index (κ1) is 22.3. The molecule has 1 aromatic heterocycles. The zero-order valence-corrected chi connectivity index (χ0v) is 19.1. The van der Waals surface area contributed by atoms with Crippen LogP contribution in [0.1, 0.15) is 5.56 Å². The third-order valence-corrected chi connectivity index (χ3v) is 5.56. The molecule has 0 radical (unpaired) electrons. The largest absolute Gasteiger partial charge is 0.491 e. The molecule has 0 saturated heterocycles. The zero-order valence-electron chi connectivity index (χ0n) is 17.6. The molecule has 4 aromatic rings. The van der Waals surface area contributed by atoms with Gasteiger partial charge in [0.05, 0.1) is 35.7 Å². The molecule has 1 heterocycles. The highest BCUT2D eigenvalue weighted by Crippen LogP contribution is 2.29. The summed E-state index contributed by atoms with van der Waals surface area (Å²) in [7, 11) is 0. The molecule has 0 atom stereocenters. The minimum atomic E-state index is -0.142. The summed E-state index contributed by atoms with van der Waals surface area (Å²) in [6.07, 6.45) is 0. The Morgan fingerprint density at radius 3 is 2.50 bits per heavy atom. The van der Waals surface area contributed by atoms with Crippen molar-refractivity contribution < 1.29 is 9.47 Å². The van der Waals surface area contributed by atoms with E-state index >= 15 is 0 Å². The molecule has 164 valence electrons. The number of nitrogens with zero attached hydrogens (tertiary/aromatic N) is 2. The highest BCUT2D eigenvalue weighted by Gasteiger charge is 2.15. The highest BCUT2D eigenvalue weighted by molar-refractivity contribution is 6.36. The van der Waals surface area contributed by atoms with Crippen molar-refractivity contribution in [3.05, 3.63) is 92.7 Å². The standard InChI is InChI=1S/C25H22Cl2N2O3/c1-17-6-9-19(10-7-17)32-15-14-31-13-12-29-24(20-11-8-18(26)16-22(20)27)28-23-5-3-2-4-21(23)25(29)30/h2-11,16H,12-15H2,1H3. The summed E-state index contributed by atoms with van der Waals surface area (Å²) in [6, 6.07) is 20.3. The van der Waals surface area contributed by atoms with Gasteiger partial charge < -0.3 is 9.47 Å². The van der Waals surface area contributed by atoms with E-state index in [2.05, 4.69) is 0 Å². The van der Waals surface area contributed by atoms with E-state index in [0.717, 1.165) is 5.75 Å². The molecule has 4 rings (SSSR count). The molecular weight excluding hydrogens is 447 g/mol. The lowest BCUT2D eigenvalue weighted by Crippen LogP contribution is -2.26. The van der Waals surface area contributed by atoms with Gasteiger partial charge in [0, 0.05) is 10.6 Å². The fourth-order valence-corrected chi connectivity index (χ4v) is 3.86. The van der Waals surface area contributed by atoms with Gasteiger partial charge in [0.25, 0.3) is 5.56 Å². The van der Waals surface area contributed by atoms with Crippen molar-refractivity contribution in [2.45, 2.75) is 13.5 Å². The van der Waals surface area contributed by atoms with Crippen LogP contribution in [0.4, 0.5) is 0 Å². The molecule has 0 aliphatic rings. The number of rotatable bonds is 8. The topological polar surface area (TPSA) is 53.4 Å². The number of benzene rings is 3. The van der Waals surface area contributed by atoms with Crippen LogP contribution >= 0.6 is 23.2 Å². The molecule has 0 bridgehead atoms. The lowest BCUT2D eigenvalue weighted by atomic mass is 10.1. The minimum Gasteiger partial charge on any atom is -0.491 e. The van der Waals surface area contributed by atoms with Crippen LogP contribution < -0.4 is 10.3 Å². The van der Waals surface area contributed by atoms with Crippen molar-refractivity contribution in [1.82, 2.24) is 9.55 Å². The van der Waals surface area contributed by atoms with Crippen LogP contribution in [0, 0.1) is 6.92 Å². The van der Waals surface area contributed by atoms with E-state index in [9.17, 15) is 4.79 Å². The Morgan fingerprint density at radius 2 is 1.72 bits per heavy atom. The number of para-hydroxylation sites is 1. The SMILES string of the molecule is Cc1ccc(OCCOCCn2c(-c3ccc(Cl)cc3Cl)nc3ccccc3c2=O)cc1. The van der Waals surface area contributed by atoms with E-state index in [4.69, 9.17) is 37.7 Å². The Bertz CT molecular complexity index is 1290. The summed E-state index contributed by atoms with van der Waals surface area (Å²) in [4.78, 5) is 17.9. The normalized spacial score (nSPS) is 11.1.